The fourth-order valence-electron chi connectivity index (χ4n) is 6.83. The topological polar surface area (TPSA) is 21.3 Å². The Labute approximate surface area is 260 Å². The molecule has 0 N–H and O–H groups in total. The van der Waals surface area contributed by atoms with Crippen LogP contribution in [0.2, 0.25) is 0 Å². The van der Waals surface area contributed by atoms with Crippen LogP contribution in [0.4, 0.5) is 17.1 Å². The number of rotatable bonds is 5. The van der Waals surface area contributed by atoms with Gasteiger partial charge in [0, 0.05) is 44.2 Å². The van der Waals surface area contributed by atoms with Crippen LogP contribution >= 0.6 is 0 Å². The molecule has 0 aliphatic heterocycles. The standard InChI is InChI=1S/C42H28N2O/c1-4-14-29(15-5-1)41-38(26-25-35-33-20-10-12-22-37(33)44(42(35)41)31-18-8-3-9-19-31)43(30-16-6-2-7-17-30)32-24-27-40-36(28-32)34-21-11-13-23-39(34)45-40/h1-28H. The summed E-state index contributed by atoms with van der Waals surface area (Å²) in [6.07, 6.45) is 0. The van der Waals surface area contributed by atoms with E-state index in [2.05, 4.69) is 167 Å². The maximum atomic E-state index is 6.23. The van der Waals surface area contributed by atoms with Crippen molar-refractivity contribution in [2.24, 2.45) is 0 Å². The number of anilines is 3. The van der Waals surface area contributed by atoms with E-state index in [1.165, 1.54) is 27.4 Å². The first-order valence-electron chi connectivity index (χ1n) is 15.3. The molecule has 0 spiro atoms. The van der Waals surface area contributed by atoms with E-state index in [4.69, 9.17) is 4.42 Å². The summed E-state index contributed by atoms with van der Waals surface area (Å²) in [6.45, 7) is 0. The van der Waals surface area contributed by atoms with E-state index in [-0.39, 0.29) is 0 Å². The van der Waals surface area contributed by atoms with Crippen molar-refractivity contribution >= 4 is 60.8 Å². The Hall–Kier alpha value is -6.06. The highest BCUT2D eigenvalue weighted by Crippen LogP contribution is 2.48. The summed E-state index contributed by atoms with van der Waals surface area (Å²) in [7, 11) is 0. The van der Waals surface area contributed by atoms with E-state index in [1.807, 2.05) is 12.1 Å². The fourth-order valence-corrected chi connectivity index (χ4v) is 6.83. The fraction of sp³-hybridized carbons (Fsp3) is 0. The second-order valence-corrected chi connectivity index (χ2v) is 11.4. The van der Waals surface area contributed by atoms with E-state index in [0.717, 1.165) is 50.3 Å². The van der Waals surface area contributed by atoms with E-state index >= 15 is 0 Å². The second-order valence-electron chi connectivity index (χ2n) is 11.4. The van der Waals surface area contributed by atoms with Gasteiger partial charge in [-0.25, -0.2) is 0 Å². The van der Waals surface area contributed by atoms with E-state index in [1.54, 1.807) is 0 Å². The molecule has 0 fully saturated rings. The van der Waals surface area contributed by atoms with Crippen LogP contribution in [0.3, 0.4) is 0 Å². The molecule has 45 heavy (non-hydrogen) atoms. The van der Waals surface area contributed by atoms with Gasteiger partial charge in [0.05, 0.1) is 16.7 Å². The highest BCUT2D eigenvalue weighted by Gasteiger charge is 2.24. The van der Waals surface area contributed by atoms with Crippen LogP contribution in [0.15, 0.2) is 174 Å². The Bertz CT molecular complexity index is 2470. The van der Waals surface area contributed by atoms with Crippen LogP contribution in [0.25, 0.3) is 60.6 Å². The maximum absolute atomic E-state index is 6.23. The van der Waals surface area contributed by atoms with Crippen LogP contribution in [0.1, 0.15) is 0 Å². The number of aromatic nitrogens is 1. The lowest BCUT2D eigenvalue weighted by atomic mass is 9.98. The number of furan rings is 1. The monoisotopic (exact) mass is 576 g/mol. The summed E-state index contributed by atoms with van der Waals surface area (Å²) in [4.78, 5) is 2.38. The van der Waals surface area contributed by atoms with Crippen LogP contribution < -0.4 is 4.90 Å². The van der Waals surface area contributed by atoms with Crippen molar-refractivity contribution < 1.29 is 4.42 Å². The largest absolute Gasteiger partial charge is 0.456 e. The molecule has 0 saturated carbocycles. The molecule has 0 amide bonds. The molecule has 3 heteroatoms. The van der Waals surface area contributed by atoms with Crippen molar-refractivity contribution in [1.29, 1.82) is 0 Å². The SMILES string of the molecule is c1ccc(-c2c(N(c3ccccc3)c3ccc4oc5ccccc5c4c3)ccc3c4ccccc4n(-c4ccccc4)c23)cc1. The van der Waals surface area contributed by atoms with Crippen LogP contribution in [-0.4, -0.2) is 4.57 Å². The molecule has 9 rings (SSSR count). The van der Waals surface area contributed by atoms with Crippen molar-refractivity contribution in [2.75, 3.05) is 4.90 Å². The molecule has 2 aromatic heterocycles. The van der Waals surface area contributed by atoms with Gasteiger partial charge in [0.15, 0.2) is 0 Å². The molecule has 0 bridgehead atoms. The molecule has 2 heterocycles. The molecule has 0 atom stereocenters. The van der Waals surface area contributed by atoms with E-state index in [0.29, 0.717) is 0 Å². The summed E-state index contributed by atoms with van der Waals surface area (Å²) in [5.41, 5.74) is 10.9. The molecule has 0 saturated heterocycles. The van der Waals surface area contributed by atoms with Gasteiger partial charge in [-0.15, -0.1) is 0 Å². The molecule has 0 unspecified atom stereocenters. The number of para-hydroxylation sites is 4. The second kappa shape index (κ2) is 10.3. The van der Waals surface area contributed by atoms with Gasteiger partial charge in [-0.2, -0.15) is 0 Å². The third kappa shape index (κ3) is 4.05. The predicted molar refractivity (Wildman–Crippen MR) is 188 cm³/mol. The zero-order chi connectivity index (χ0) is 29.7. The Morgan fingerprint density at radius 1 is 0.444 bits per heavy atom. The van der Waals surface area contributed by atoms with Crippen molar-refractivity contribution in [3.63, 3.8) is 0 Å². The molecule has 0 radical (unpaired) electrons. The minimum atomic E-state index is 0.885. The van der Waals surface area contributed by atoms with Gasteiger partial charge in [0.25, 0.3) is 0 Å². The lowest BCUT2D eigenvalue weighted by Crippen LogP contribution is -2.12. The van der Waals surface area contributed by atoms with Gasteiger partial charge in [-0.05, 0) is 66.2 Å². The number of nitrogens with zero attached hydrogens (tertiary/aromatic N) is 2. The Kier molecular flexibility index (Phi) is 5.82. The molecular weight excluding hydrogens is 548 g/mol. The van der Waals surface area contributed by atoms with Gasteiger partial charge in [0.1, 0.15) is 11.2 Å². The molecular formula is C42H28N2O. The minimum absolute atomic E-state index is 0.885. The average molecular weight is 577 g/mol. The van der Waals surface area contributed by atoms with E-state index in [9.17, 15) is 0 Å². The van der Waals surface area contributed by atoms with Crippen molar-refractivity contribution in [3.8, 4) is 16.8 Å². The minimum Gasteiger partial charge on any atom is -0.456 e. The first-order valence-corrected chi connectivity index (χ1v) is 15.3. The number of hydrogen-bond acceptors (Lipinski definition) is 2. The molecule has 3 nitrogen and oxygen atoms in total. The van der Waals surface area contributed by atoms with Crippen LogP contribution in [-0.2, 0) is 0 Å². The Morgan fingerprint density at radius 3 is 1.89 bits per heavy atom. The number of benzene rings is 7. The van der Waals surface area contributed by atoms with Crippen molar-refractivity contribution in [1.82, 2.24) is 4.57 Å². The smallest absolute Gasteiger partial charge is 0.135 e. The molecule has 9 aromatic rings. The summed E-state index contributed by atoms with van der Waals surface area (Å²) in [6, 6.07) is 60.2. The Morgan fingerprint density at radius 2 is 1.09 bits per heavy atom. The quantitative estimate of drug-likeness (QED) is 0.203. The first kappa shape index (κ1) is 25.4. The van der Waals surface area contributed by atoms with Gasteiger partial charge in [-0.3, -0.25) is 0 Å². The third-order valence-electron chi connectivity index (χ3n) is 8.77. The average Bonchev–Trinajstić information content (AvgIpc) is 3.65. The lowest BCUT2D eigenvalue weighted by Gasteiger charge is -2.29. The van der Waals surface area contributed by atoms with Gasteiger partial charge in [0.2, 0.25) is 0 Å². The molecule has 212 valence electrons. The Balaban J connectivity index is 1.42. The van der Waals surface area contributed by atoms with Crippen LogP contribution in [0, 0.1) is 0 Å². The normalized spacial score (nSPS) is 11.6. The maximum Gasteiger partial charge on any atom is 0.135 e. The highest BCUT2D eigenvalue weighted by atomic mass is 16.3. The number of fused-ring (bicyclic) bond motifs is 6. The van der Waals surface area contributed by atoms with Gasteiger partial charge < -0.3 is 13.9 Å². The third-order valence-corrected chi connectivity index (χ3v) is 8.77. The van der Waals surface area contributed by atoms with Gasteiger partial charge in [-0.1, -0.05) is 109 Å². The van der Waals surface area contributed by atoms with Crippen molar-refractivity contribution in [3.05, 3.63) is 170 Å². The van der Waals surface area contributed by atoms with E-state index < -0.39 is 0 Å². The van der Waals surface area contributed by atoms with Crippen LogP contribution in [0.5, 0.6) is 0 Å². The predicted octanol–water partition coefficient (Wildman–Crippen LogP) is 11.8. The van der Waals surface area contributed by atoms with Gasteiger partial charge >= 0.3 is 0 Å². The number of hydrogen-bond donors (Lipinski definition) is 0. The zero-order valence-corrected chi connectivity index (χ0v) is 24.5. The summed E-state index contributed by atoms with van der Waals surface area (Å²) in [5, 5.41) is 4.68. The highest BCUT2D eigenvalue weighted by molar-refractivity contribution is 6.17. The summed E-state index contributed by atoms with van der Waals surface area (Å²) >= 11 is 0. The summed E-state index contributed by atoms with van der Waals surface area (Å²) in [5.74, 6) is 0. The summed E-state index contributed by atoms with van der Waals surface area (Å²) < 4.78 is 8.65. The van der Waals surface area contributed by atoms with Crippen molar-refractivity contribution in [2.45, 2.75) is 0 Å². The molecule has 0 aliphatic rings. The molecule has 0 aliphatic carbocycles. The lowest BCUT2D eigenvalue weighted by molar-refractivity contribution is 0.669. The first-order chi connectivity index (χ1) is 22.3. The zero-order valence-electron chi connectivity index (χ0n) is 24.5. The molecule has 7 aromatic carbocycles.